The summed E-state index contributed by atoms with van der Waals surface area (Å²) in [6.07, 6.45) is -3.69. The summed E-state index contributed by atoms with van der Waals surface area (Å²) in [6, 6.07) is 14.0. The zero-order chi connectivity index (χ0) is 18.7. The van der Waals surface area contributed by atoms with E-state index < -0.39 is 17.7 Å². The zero-order valence-electron chi connectivity index (χ0n) is 13.8. The van der Waals surface area contributed by atoms with E-state index in [0.717, 1.165) is 28.9 Å². The van der Waals surface area contributed by atoms with Gasteiger partial charge in [-0.1, -0.05) is 18.2 Å². The minimum atomic E-state index is -4.41. The number of alkyl halides is 3. The Bertz CT molecular complexity index is 884. The van der Waals surface area contributed by atoms with Gasteiger partial charge in [-0.2, -0.15) is 13.2 Å². The Morgan fingerprint density at radius 1 is 1.08 bits per heavy atom. The second kappa shape index (κ2) is 7.33. The number of methoxy groups -OCH3 is 1. The molecule has 1 atom stereocenters. The summed E-state index contributed by atoms with van der Waals surface area (Å²) in [7, 11) is 1.50. The smallest absolute Gasteiger partial charge is 0.416 e. The molecule has 3 aromatic rings. The molecule has 1 aromatic heterocycles. The number of hydrogen-bond acceptors (Lipinski definition) is 3. The Hall–Kier alpha value is -2.60. The molecular formula is C20H15F3O2S. The number of hydrogen-bond donors (Lipinski definition) is 0. The van der Waals surface area contributed by atoms with Crippen LogP contribution in [0.1, 0.15) is 22.6 Å². The van der Waals surface area contributed by atoms with Crippen LogP contribution >= 0.6 is 11.3 Å². The van der Waals surface area contributed by atoms with Gasteiger partial charge in [0.25, 0.3) is 0 Å². The molecule has 0 amide bonds. The molecule has 2 nitrogen and oxygen atoms in total. The van der Waals surface area contributed by atoms with Gasteiger partial charge in [0, 0.05) is 10.4 Å². The summed E-state index contributed by atoms with van der Waals surface area (Å²) < 4.78 is 43.7. The summed E-state index contributed by atoms with van der Waals surface area (Å²) >= 11 is 1.56. The number of aldehydes is 1. The van der Waals surface area contributed by atoms with Crippen LogP contribution in [0.4, 0.5) is 13.2 Å². The van der Waals surface area contributed by atoms with Crippen LogP contribution in [0.25, 0.3) is 10.4 Å². The van der Waals surface area contributed by atoms with Gasteiger partial charge in [0.1, 0.15) is 12.0 Å². The predicted octanol–water partition coefficient (Wildman–Crippen LogP) is 5.77. The first-order chi connectivity index (χ1) is 12.4. The fraction of sp³-hybridized carbons (Fsp3) is 0.150. The molecule has 0 aliphatic heterocycles. The van der Waals surface area contributed by atoms with E-state index in [9.17, 15) is 18.0 Å². The van der Waals surface area contributed by atoms with E-state index in [1.807, 2.05) is 29.6 Å². The highest BCUT2D eigenvalue weighted by atomic mass is 32.1. The maximum absolute atomic E-state index is 12.8. The largest absolute Gasteiger partial charge is 0.496 e. The second-order valence-corrected chi connectivity index (χ2v) is 6.62. The molecule has 0 fully saturated rings. The highest BCUT2D eigenvalue weighted by Crippen LogP contribution is 2.37. The average Bonchev–Trinajstić information content (AvgIpc) is 3.17. The van der Waals surface area contributed by atoms with Crippen LogP contribution in [0.5, 0.6) is 5.75 Å². The lowest BCUT2D eigenvalue weighted by Gasteiger charge is -2.17. The van der Waals surface area contributed by atoms with Crippen LogP contribution in [-0.4, -0.2) is 13.4 Å². The van der Waals surface area contributed by atoms with E-state index in [1.54, 1.807) is 17.4 Å². The monoisotopic (exact) mass is 376 g/mol. The molecule has 0 saturated carbocycles. The molecule has 0 N–H and O–H groups in total. The molecule has 1 unspecified atom stereocenters. The third kappa shape index (κ3) is 3.65. The van der Waals surface area contributed by atoms with Crippen molar-refractivity contribution in [3.63, 3.8) is 0 Å². The van der Waals surface area contributed by atoms with Gasteiger partial charge in [0.05, 0.1) is 18.6 Å². The molecule has 0 spiro atoms. The van der Waals surface area contributed by atoms with Crippen molar-refractivity contribution in [2.75, 3.05) is 7.11 Å². The third-order valence-corrected chi connectivity index (χ3v) is 5.02. The van der Waals surface area contributed by atoms with E-state index in [1.165, 1.54) is 19.2 Å². The van der Waals surface area contributed by atoms with Gasteiger partial charge in [-0.3, -0.25) is 0 Å². The van der Waals surface area contributed by atoms with E-state index >= 15 is 0 Å². The molecular weight excluding hydrogens is 361 g/mol. The standard InChI is InChI=1S/C20H15F3O2S/c1-25-18-9-6-14(19-3-2-10-26-19)11-16(18)17(12-24)13-4-7-15(8-5-13)20(21,22)23/h2-12,17H,1H3. The van der Waals surface area contributed by atoms with Crippen LogP contribution in [0.15, 0.2) is 60.0 Å². The maximum Gasteiger partial charge on any atom is 0.416 e. The number of carbonyl (C=O) groups is 1. The summed E-state index contributed by atoms with van der Waals surface area (Å²) in [5, 5.41) is 1.95. The first-order valence-electron chi connectivity index (χ1n) is 7.78. The van der Waals surface area contributed by atoms with Crippen molar-refractivity contribution in [1.29, 1.82) is 0 Å². The number of halogens is 3. The van der Waals surface area contributed by atoms with Crippen LogP contribution < -0.4 is 4.74 Å². The van der Waals surface area contributed by atoms with Crippen molar-refractivity contribution in [1.82, 2.24) is 0 Å². The number of benzene rings is 2. The SMILES string of the molecule is COc1ccc(-c2cccs2)cc1C(C=O)c1ccc(C(F)(F)F)cc1. The van der Waals surface area contributed by atoms with Crippen molar-refractivity contribution in [3.8, 4) is 16.2 Å². The molecule has 0 radical (unpaired) electrons. The first kappa shape index (κ1) is 18.2. The van der Waals surface area contributed by atoms with Crippen molar-refractivity contribution in [2.24, 2.45) is 0 Å². The van der Waals surface area contributed by atoms with Crippen LogP contribution in [0, 0.1) is 0 Å². The molecule has 134 valence electrons. The second-order valence-electron chi connectivity index (χ2n) is 5.67. The minimum Gasteiger partial charge on any atom is -0.496 e. The Morgan fingerprint density at radius 3 is 2.35 bits per heavy atom. The number of ether oxygens (including phenoxy) is 1. The summed E-state index contributed by atoms with van der Waals surface area (Å²) in [5.41, 5.74) is 1.28. The summed E-state index contributed by atoms with van der Waals surface area (Å²) in [4.78, 5) is 12.8. The molecule has 0 aliphatic carbocycles. The van der Waals surface area contributed by atoms with Crippen LogP contribution in [-0.2, 0) is 11.0 Å². The molecule has 26 heavy (non-hydrogen) atoms. The molecule has 0 saturated heterocycles. The lowest BCUT2D eigenvalue weighted by Crippen LogP contribution is -2.08. The number of carbonyl (C=O) groups excluding carboxylic acids is 1. The fourth-order valence-electron chi connectivity index (χ4n) is 2.78. The number of rotatable bonds is 5. The molecule has 2 aromatic carbocycles. The van der Waals surface area contributed by atoms with Gasteiger partial charge >= 0.3 is 6.18 Å². The Kier molecular flexibility index (Phi) is 5.13. The van der Waals surface area contributed by atoms with Gasteiger partial charge < -0.3 is 9.53 Å². The molecule has 0 aliphatic rings. The topological polar surface area (TPSA) is 26.3 Å². The van der Waals surface area contributed by atoms with E-state index in [0.29, 0.717) is 16.9 Å². The summed E-state index contributed by atoms with van der Waals surface area (Å²) in [5.74, 6) is -0.200. The molecule has 6 heteroatoms. The van der Waals surface area contributed by atoms with Gasteiger partial charge in [-0.15, -0.1) is 11.3 Å². The zero-order valence-corrected chi connectivity index (χ0v) is 14.6. The normalized spacial score (nSPS) is 12.6. The fourth-order valence-corrected chi connectivity index (χ4v) is 3.51. The van der Waals surface area contributed by atoms with Gasteiger partial charge in [0.2, 0.25) is 0 Å². The van der Waals surface area contributed by atoms with Crippen molar-refractivity contribution >= 4 is 17.6 Å². The molecule has 0 bridgehead atoms. The lowest BCUT2D eigenvalue weighted by atomic mass is 9.90. The van der Waals surface area contributed by atoms with Gasteiger partial charge in [0.15, 0.2) is 0 Å². The highest BCUT2D eigenvalue weighted by molar-refractivity contribution is 7.13. The third-order valence-electron chi connectivity index (χ3n) is 4.10. The average molecular weight is 376 g/mol. The first-order valence-corrected chi connectivity index (χ1v) is 8.66. The van der Waals surface area contributed by atoms with Gasteiger partial charge in [-0.05, 0) is 52.9 Å². The van der Waals surface area contributed by atoms with E-state index in [4.69, 9.17) is 4.74 Å². The van der Waals surface area contributed by atoms with Crippen LogP contribution in [0.3, 0.4) is 0 Å². The predicted molar refractivity (Wildman–Crippen MR) is 95.7 cm³/mol. The Labute approximate surface area is 152 Å². The van der Waals surface area contributed by atoms with Crippen molar-refractivity contribution in [3.05, 3.63) is 76.7 Å². The van der Waals surface area contributed by atoms with Crippen molar-refractivity contribution in [2.45, 2.75) is 12.1 Å². The maximum atomic E-state index is 12.8. The lowest BCUT2D eigenvalue weighted by molar-refractivity contribution is -0.137. The van der Waals surface area contributed by atoms with Gasteiger partial charge in [-0.25, -0.2) is 0 Å². The highest BCUT2D eigenvalue weighted by Gasteiger charge is 2.30. The Balaban J connectivity index is 2.04. The van der Waals surface area contributed by atoms with Crippen LogP contribution in [0.2, 0.25) is 0 Å². The van der Waals surface area contributed by atoms with E-state index in [-0.39, 0.29) is 0 Å². The number of thiophene rings is 1. The minimum absolute atomic E-state index is 0.481. The quantitative estimate of drug-likeness (QED) is 0.528. The molecule has 3 rings (SSSR count). The molecule has 1 heterocycles. The van der Waals surface area contributed by atoms with E-state index in [2.05, 4.69) is 0 Å². The Morgan fingerprint density at radius 2 is 1.81 bits per heavy atom. The van der Waals surface area contributed by atoms with Crippen molar-refractivity contribution < 1.29 is 22.7 Å². The summed E-state index contributed by atoms with van der Waals surface area (Å²) in [6.45, 7) is 0.